The first-order valence-electron chi connectivity index (χ1n) is 6.77. The highest BCUT2D eigenvalue weighted by atomic mass is 35.5. The first-order valence-corrected chi connectivity index (χ1v) is 7.14. The molecule has 1 rings (SSSR count). The zero-order valence-electron chi connectivity index (χ0n) is 12.2. The number of rotatable bonds is 8. The summed E-state index contributed by atoms with van der Waals surface area (Å²) in [5.74, 6) is -0.327. The Kier molecular flexibility index (Phi) is 7.61. The molecule has 0 spiro atoms. The molecule has 114 valence electrons. The predicted octanol–water partition coefficient (Wildman–Crippen LogP) is 3.54. The van der Waals surface area contributed by atoms with Crippen molar-refractivity contribution in [2.24, 2.45) is 5.11 Å². The minimum atomic E-state index is -0.548. The van der Waals surface area contributed by atoms with E-state index in [1.165, 1.54) is 0 Å². The van der Waals surface area contributed by atoms with Crippen molar-refractivity contribution < 1.29 is 9.53 Å². The fourth-order valence-electron chi connectivity index (χ4n) is 1.95. The topological polar surface area (TPSA) is 87.1 Å². The Hall–Kier alpha value is -1.75. The van der Waals surface area contributed by atoms with Gasteiger partial charge in [-0.25, -0.2) is 4.79 Å². The van der Waals surface area contributed by atoms with Crippen LogP contribution in [0.25, 0.3) is 10.4 Å². The van der Waals surface area contributed by atoms with Gasteiger partial charge in [-0.3, -0.25) is 0 Å². The highest BCUT2D eigenvalue weighted by molar-refractivity contribution is 6.30. The molecule has 0 fully saturated rings. The summed E-state index contributed by atoms with van der Waals surface area (Å²) in [5.41, 5.74) is 9.98. The zero-order chi connectivity index (χ0) is 15.7. The predicted molar refractivity (Wildman–Crippen MR) is 82.2 cm³/mol. The fourth-order valence-corrected chi connectivity index (χ4v) is 2.18. The smallest absolute Gasteiger partial charge is 0.327 e. The lowest BCUT2D eigenvalue weighted by Gasteiger charge is -2.19. The van der Waals surface area contributed by atoms with Gasteiger partial charge in [-0.1, -0.05) is 22.8 Å². The Morgan fingerprint density at radius 1 is 1.57 bits per heavy atom. The van der Waals surface area contributed by atoms with E-state index in [-0.39, 0.29) is 5.97 Å². The van der Waals surface area contributed by atoms with Crippen molar-refractivity contribution in [3.63, 3.8) is 0 Å². The number of halogens is 1. The number of ether oxygens (including phenoxy) is 1. The number of azide groups is 1. The minimum Gasteiger partial charge on any atom is -0.465 e. The van der Waals surface area contributed by atoms with Gasteiger partial charge in [0.2, 0.25) is 0 Å². The summed E-state index contributed by atoms with van der Waals surface area (Å²) in [6, 6.07) is 4.83. The lowest BCUT2D eigenvalue weighted by atomic mass is 10.0. The molecule has 0 saturated carbocycles. The molecule has 0 radical (unpaired) electrons. The summed E-state index contributed by atoms with van der Waals surface area (Å²) in [6.07, 6.45) is 0.645. The number of nitrogens with one attached hydrogen (secondary N) is 1. The number of benzene rings is 1. The molecular weight excluding hydrogens is 292 g/mol. The third-order valence-electron chi connectivity index (χ3n) is 2.91. The maximum atomic E-state index is 12.1. The molecule has 1 N–H and O–H groups in total. The maximum absolute atomic E-state index is 12.1. The number of nitrogens with zero attached hydrogens (tertiary/aromatic N) is 3. The average Bonchev–Trinajstić information content (AvgIpc) is 2.44. The van der Waals surface area contributed by atoms with Gasteiger partial charge >= 0.3 is 5.97 Å². The number of hydrogen-bond donors (Lipinski definition) is 1. The van der Waals surface area contributed by atoms with Crippen LogP contribution in [0.15, 0.2) is 23.3 Å². The van der Waals surface area contributed by atoms with Crippen LogP contribution in [0, 0.1) is 6.92 Å². The Labute approximate surface area is 129 Å². The third-order valence-corrected chi connectivity index (χ3v) is 3.15. The van der Waals surface area contributed by atoms with Gasteiger partial charge in [0.25, 0.3) is 0 Å². The molecule has 1 atom stereocenters. The lowest BCUT2D eigenvalue weighted by molar-refractivity contribution is -0.145. The standard InChI is InChI=1S/C14H19ClN4O2/c1-3-21-14(20)13(17-7-4-8-18-19-16)12-6-5-11(15)9-10(12)2/h5-6,9,13,17H,3-4,7-8H2,1-2H3. The van der Waals surface area contributed by atoms with E-state index in [2.05, 4.69) is 15.3 Å². The van der Waals surface area contributed by atoms with Gasteiger partial charge in [-0.2, -0.15) is 0 Å². The van der Waals surface area contributed by atoms with Crippen LogP contribution in [0.2, 0.25) is 5.02 Å². The average molecular weight is 311 g/mol. The van der Waals surface area contributed by atoms with Crippen molar-refractivity contribution in [3.8, 4) is 0 Å². The second kappa shape index (κ2) is 9.23. The van der Waals surface area contributed by atoms with Crippen LogP contribution in [0.5, 0.6) is 0 Å². The highest BCUT2D eigenvalue weighted by Crippen LogP contribution is 2.22. The molecule has 0 aliphatic carbocycles. The van der Waals surface area contributed by atoms with Gasteiger partial charge in [0.05, 0.1) is 6.61 Å². The molecule has 21 heavy (non-hydrogen) atoms. The van der Waals surface area contributed by atoms with E-state index < -0.39 is 6.04 Å². The molecule has 6 nitrogen and oxygen atoms in total. The van der Waals surface area contributed by atoms with E-state index in [1.807, 2.05) is 19.1 Å². The molecule has 0 aliphatic rings. The molecule has 1 aromatic carbocycles. The molecule has 0 aliphatic heterocycles. The summed E-state index contributed by atoms with van der Waals surface area (Å²) in [7, 11) is 0. The lowest BCUT2D eigenvalue weighted by Crippen LogP contribution is -2.31. The van der Waals surface area contributed by atoms with E-state index in [4.69, 9.17) is 21.9 Å². The molecule has 1 unspecified atom stereocenters. The van der Waals surface area contributed by atoms with Gasteiger partial charge in [0, 0.05) is 16.5 Å². The van der Waals surface area contributed by atoms with E-state index in [9.17, 15) is 4.79 Å². The minimum absolute atomic E-state index is 0.322. The van der Waals surface area contributed by atoms with Crippen LogP contribution < -0.4 is 5.32 Å². The maximum Gasteiger partial charge on any atom is 0.327 e. The van der Waals surface area contributed by atoms with Gasteiger partial charge in [-0.15, -0.1) is 0 Å². The molecule has 0 heterocycles. The monoisotopic (exact) mass is 310 g/mol. The van der Waals surface area contributed by atoms with Crippen LogP contribution in [0.3, 0.4) is 0 Å². The van der Waals surface area contributed by atoms with E-state index in [1.54, 1.807) is 13.0 Å². The highest BCUT2D eigenvalue weighted by Gasteiger charge is 2.22. The molecule has 0 aromatic heterocycles. The Bertz CT molecular complexity index is 530. The number of esters is 1. The summed E-state index contributed by atoms with van der Waals surface area (Å²) < 4.78 is 5.11. The first kappa shape index (κ1) is 17.3. The van der Waals surface area contributed by atoms with Gasteiger partial charge in [0.1, 0.15) is 6.04 Å². The number of aryl methyl sites for hydroxylation is 1. The molecule has 0 saturated heterocycles. The SMILES string of the molecule is CCOC(=O)C(NCCCN=[N+]=[N-])c1ccc(Cl)cc1C. The van der Waals surface area contributed by atoms with Gasteiger partial charge in [0.15, 0.2) is 0 Å². The van der Waals surface area contributed by atoms with E-state index in [0.717, 1.165) is 11.1 Å². The van der Waals surface area contributed by atoms with Crippen molar-refractivity contribution >= 4 is 17.6 Å². The number of carbonyl (C=O) groups excluding carboxylic acids is 1. The second-order valence-electron chi connectivity index (χ2n) is 4.45. The van der Waals surface area contributed by atoms with E-state index in [0.29, 0.717) is 31.1 Å². The van der Waals surface area contributed by atoms with Crippen molar-refractivity contribution in [1.82, 2.24) is 5.32 Å². The van der Waals surface area contributed by atoms with Crippen molar-refractivity contribution in [1.29, 1.82) is 0 Å². The van der Waals surface area contributed by atoms with Crippen LogP contribution in [0.4, 0.5) is 0 Å². The van der Waals surface area contributed by atoms with Gasteiger partial charge in [-0.05, 0) is 55.6 Å². The zero-order valence-corrected chi connectivity index (χ0v) is 12.9. The number of hydrogen-bond acceptors (Lipinski definition) is 4. The number of carbonyl (C=O) groups is 1. The van der Waals surface area contributed by atoms with Crippen LogP contribution in [-0.4, -0.2) is 25.7 Å². The molecule has 0 bridgehead atoms. The summed E-state index contributed by atoms with van der Waals surface area (Å²) in [4.78, 5) is 14.8. The van der Waals surface area contributed by atoms with Crippen molar-refractivity contribution in [2.45, 2.75) is 26.3 Å². The Morgan fingerprint density at radius 2 is 2.33 bits per heavy atom. The van der Waals surface area contributed by atoms with Gasteiger partial charge < -0.3 is 10.1 Å². The molecule has 0 amide bonds. The van der Waals surface area contributed by atoms with Crippen molar-refractivity contribution in [3.05, 3.63) is 44.8 Å². The van der Waals surface area contributed by atoms with Crippen molar-refractivity contribution in [2.75, 3.05) is 19.7 Å². The van der Waals surface area contributed by atoms with E-state index >= 15 is 0 Å². The summed E-state index contributed by atoms with van der Waals surface area (Å²) in [6.45, 7) is 4.92. The summed E-state index contributed by atoms with van der Waals surface area (Å²) in [5, 5.41) is 7.22. The van der Waals surface area contributed by atoms with Crippen LogP contribution in [-0.2, 0) is 9.53 Å². The van der Waals surface area contributed by atoms with Crippen LogP contribution >= 0.6 is 11.6 Å². The fraction of sp³-hybridized carbons (Fsp3) is 0.500. The molecule has 1 aromatic rings. The Balaban J connectivity index is 2.81. The summed E-state index contributed by atoms with van der Waals surface area (Å²) >= 11 is 5.94. The Morgan fingerprint density at radius 3 is 2.95 bits per heavy atom. The van der Waals surface area contributed by atoms with Crippen LogP contribution in [0.1, 0.15) is 30.5 Å². The molecule has 7 heteroatoms. The quantitative estimate of drug-likeness (QED) is 0.262. The third kappa shape index (κ3) is 5.63. The largest absolute Gasteiger partial charge is 0.465 e. The molecular formula is C14H19ClN4O2. The second-order valence-corrected chi connectivity index (χ2v) is 4.88. The normalized spacial score (nSPS) is 11.6. The first-order chi connectivity index (χ1) is 10.1.